The van der Waals surface area contributed by atoms with Gasteiger partial charge in [0.15, 0.2) is 5.78 Å². The smallest absolute Gasteiger partial charge is 0.251 e. The highest BCUT2D eigenvalue weighted by Gasteiger charge is 2.53. The molecule has 4 unspecified atom stereocenters. The second-order valence-electron chi connectivity index (χ2n) is 12.6. The van der Waals surface area contributed by atoms with Crippen molar-refractivity contribution < 1.29 is 24.0 Å². The van der Waals surface area contributed by atoms with E-state index in [0.29, 0.717) is 37.9 Å². The van der Waals surface area contributed by atoms with Gasteiger partial charge in [0.1, 0.15) is 18.1 Å². The maximum absolute atomic E-state index is 13.9. The molecule has 0 spiro atoms. The molecule has 0 aliphatic carbocycles. The van der Waals surface area contributed by atoms with Gasteiger partial charge in [-0.15, -0.1) is 0 Å². The Balaban J connectivity index is 1.26. The van der Waals surface area contributed by atoms with E-state index in [9.17, 15) is 24.0 Å². The Morgan fingerprint density at radius 3 is 2.24 bits per heavy atom. The van der Waals surface area contributed by atoms with Crippen molar-refractivity contribution in [3.05, 3.63) is 29.8 Å². The molecule has 4 aliphatic rings. The van der Waals surface area contributed by atoms with Crippen molar-refractivity contribution in [3.63, 3.8) is 0 Å². The molecule has 11 nitrogen and oxygen atoms in total. The molecule has 4 fully saturated rings. The van der Waals surface area contributed by atoms with Crippen LogP contribution in [0.4, 0.5) is 5.69 Å². The highest BCUT2D eigenvalue weighted by molar-refractivity contribution is 6.01. The van der Waals surface area contributed by atoms with Crippen LogP contribution in [0.25, 0.3) is 0 Å². The summed E-state index contributed by atoms with van der Waals surface area (Å²) < 4.78 is 0. The fraction of sp³-hybridized carbons (Fsp3) is 0.645. The Labute approximate surface area is 248 Å². The van der Waals surface area contributed by atoms with Gasteiger partial charge in [0, 0.05) is 57.4 Å². The SMILES string of the molecule is CC(=O)N1CCCC1C(=O)N1CC(=O)C2C1CCN2C(=O)C(CC(C)C)NC(=O)c1ccc(N2CCN(C)CC2)cc1. The van der Waals surface area contributed by atoms with Crippen LogP contribution in [0, 0.1) is 5.92 Å². The van der Waals surface area contributed by atoms with Gasteiger partial charge in [-0.3, -0.25) is 24.0 Å². The van der Waals surface area contributed by atoms with Crippen molar-refractivity contribution in [1.29, 1.82) is 0 Å². The third-order valence-electron chi connectivity index (χ3n) is 9.24. The molecular formula is C31H44N6O5. The first-order chi connectivity index (χ1) is 20.0. The maximum Gasteiger partial charge on any atom is 0.251 e. The Morgan fingerprint density at radius 1 is 0.905 bits per heavy atom. The lowest BCUT2D eigenvalue weighted by molar-refractivity contribution is -0.143. The van der Waals surface area contributed by atoms with E-state index in [-0.39, 0.29) is 41.9 Å². The monoisotopic (exact) mass is 580 g/mol. The highest BCUT2D eigenvalue weighted by atomic mass is 16.2. The van der Waals surface area contributed by atoms with Gasteiger partial charge in [-0.1, -0.05) is 13.8 Å². The zero-order valence-corrected chi connectivity index (χ0v) is 25.3. The minimum atomic E-state index is -0.783. The fourth-order valence-corrected chi connectivity index (χ4v) is 6.97. The molecule has 0 aromatic heterocycles. The number of anilines is 1. The molecule has 0 saturated carbocycles. The first-order valence-electron chi connectivity index (χ1n) is 15.3. The van der Waals surface area contributed by atoms with Gasteiger partial charge < -0.3 is 29.8 Å². The molecule has 11 heteroatoms. The summed E-state index contributed by atoms with van der Waals surface area (Å²) >= 11 is 0. The summed E-state index contributed by atoms with van der Waals surface area (Å²) in [5, 5.41) is 2.95. The zero-order valence-electron chi connectivity index (χ0n) is 25.3. The lowest BCUT2D eigenvalue weighted by Crippen LogP contribution is -2.53. The number of hydrogen-bond donors (Lipinski definition) is 1. The van der Waals surface area contributed by atoms with E-state index >= 15 is 0 Å². The number of rotatable bonds is 7. The molecule has 0 radical (unpaired) electrons. The molecular weight excluding hydrogens is 536 g/mol. The number of nitrogens with zero attached hydrogens (tertiary/aromatic N) is 5. The summed E-state index contributed by atoms with van der Waals surface area (Å²) in [6.07, 6.45) is 2.27. The average Bonchev–Trinajstić information content (AvgIpc) is 3.70. The van der Waals surface area contributed by atoms with Crippen molar-refractivity contribution in [3.8, 4) is 0 Å². The minimum absolute atomic E-state index is 0.0545. The minimum Gasteiger partial charge on any atom is -0.369 e. The largest absolute Gasteiger partial charge is 0.369 e. The number of carbonyl (C=O) groups is 5. The predicted octanol–water partition coefficient (Wildman–Crippen LogP) is 0.975. The van der Waals surface area contributed by atoms with Gasteiger partial charge in [0.05, 0.1) is 12.6 Å². The van der Waals surface area contributed by atoms with E-state index in [0.717, 1.165) is 38.3 Å². The second-order valence-corrected chi connectivity index (χ2v) is 12.6. The van der Waals surface area contributed by atoms with Gasteiger partial charge in [-0.2, -0.15) is 0 Å². The second kappa shape index (κ2) is 12.4. The fourth-order valence-electron chi connectivity index (χ4n) is 6.97. The van der Waals surface area contributed by atoms with E-state index in [1.165, 1.54) is 6.92 Å². The molecule has 5 rings (SSSR count). The van der Waals surface area contributed by atoms with Crippen LogP contribution in [0.1, 0.15) is 56.8 Å². The van der Waals surface area contributed by atoms with Gasteiger partial charge in [0.25, 0.3) is 5.91 Å². The Hall–Kier alpha value is -3.47. The van der Waals surface area contributed by atoms with Crippen LogP contribution >= 0.6 is 0 Å². The average molecular weight is 581 g/mol. The van der Waals surface area contributed by atoms with Crippen LogP contribution in [-0.2, 0) is 19.2 Å². The number of likely N-dealkylation sites (tertiary alicyclic amines) is 3. The lowest BCUT2D eigenvalue weighted by Gasteiger charge is -2.34. The van der Waals surface area contributed by atoms with Crippen LogP contribution in [0.5, 0.6) is 0 Å². The van der Waals surface area contributed by atoms with E-state index in [4.69, 9.17) is 0 Å². The molecule has 228 valence electrons. The Kier molecular flexibility index (Phi) is 8.86. The summed E-state index contributed by atoms with van der Waals surface area (Å²) in [7, 11) is 2.11. The molecule has 42 heavy (non-hydrogen) atoms. The molecule has 4 amide bonds. The summed E-state index contributed by atoms with van der Waals surface area (Å²) in [5.74, 6) is -0.986. The number of ketones is 1. The number of benzene rings is 1. The quantitative estimate of drug-likeness (QED) is 0.512. The van der Waals surface area contributed by atoms with Crippen LogP contribution in [0.2, 0.25) is 0 Å². The Bertz CT molecular complexity index is 1210. The summed E-state index contributed by atoms with van der Waals surface area (Å²) in [4.78, 5) is 75.3. The van der Waals surface area contributed by atoms with Gasteiger partial charge in [-0.05, 0) is 62.9 Å². The third kappa shape index (κ3) is 6.02. The molecule has 4 saturated heterocycles. The first kappa shape index (κ1) is 30.0. The van der Waals surface area contributed by atoms with Gasteiger partial charge in [-0.25, -0.2) is 0 Å². The van der Waals surface area contributed by atoms with Crippen molar-refractivity contribution in [2.45, 2.75) is 70.6 Å². The van der Waals surface area contributed by atoms with Crippen LogP contribution < -0.4 is 10.2 Å². The van der Waals surface area contributed by atoms with Crippen molar-refractivity contribution in [2.75, 3.05) is 57.8 Å². The van der Waals surface area contributed by atoms with E-state index in [1.807, 2.05) is 26.0 Å². The number of likely N-dealkylation sites (N-methyl/N-ethyl adjacent to an activating group) is 1. The van der Waals surface area contributed by atoms with E-state index in [1.54, 1.807) is 26.8 Å². The lowest BCUT2D eigenvalue weighted by atomic mass is 10.0. The third-order valence-corrected chi connectivity index (χ3v) is 9.24. The molecule has 4 heterocycles. The molecule has 1 aromatic carbocycles. The molecule has 4 aliphatic heterocycles. The van der Waals surface area contributed by atoms with Crippen molar-refractivity contribution in [1.82, 2.24) is 24.9 Å². The van der Waals surface area contributed by atoms with Crippen LogP contribution in [0.15, 0.2) is 24.3 Å². The van der Waals surface area contributed by atoms with Gasteiger partial charge in [0.2, 0.25) is 17.7 Å². The van der Waals surface area contributed by atoms with Crippen molar-refractivity contribution in [2.24, 2.45) is 5.92 Å². The standard InChI is InChI=1S/C31H44N6O5/c1-20(2)18-24(32-29(40)22-7-9-23(10-8-22)34-16-14-33(4)15-17-34)30(41)36-13-11-25-28(36)27(39)19-37(25)31(42)26-6-5-12-35(26)21(3)38/h7-10,20,24-26,28H,5-6,11-19H2,1-4H3,(H,32,40). The number of nitrogens with one attached hydrogen (secondary N) is 1. The molecule has 4 atom stereocenters. The number of Topliss-reactive ketones (excluding diaryl/α,β-unsaturated/α-hetero) is 1. The summed E-state index contributed by atoms with van der Waals surface area (Å²) in [6.45, 7) is 10.1. The zero-order chi connectivity index (χ0) is 30.1. The molecule has 1 aromatic rings. The number of fused-ring (bicyclic) bond motifs is 1. The molecule has 1 N–H and O–H groups in total. The summed E-state index contributed by atoms with van der Waals surface area (Å²) in [5.41, 5.74) is 1.55. The van der Waals surface area contributed by atoms with E-state index in [2.05, 4.69) is 22.2 Å². The number of hydrogen-bond acceptors (Lipinski definition) is 7. The van der Waals surface area contributed by atoms with Gasteiger partial charge >= 0.3 is 0 Å². The number of amides is 4. The highest BCUT2D eigenvalue weighted by Crippen LogP contribution is 2.33. The van der Waals surface area contributed by atoms with Crippen LogP contribution in [0.3, 0.4) is 0 Å². The van der Waals surface area contributed by atoms with Crippen molar-refractivity contribution >= 4 is 35.1 Å². The van der Waals surface area contributed by atoms with Crippen LogP contribution in [-0.4, -0.2) is 126 Å². The predicted molar refractivity (Wildman–Crippen MR) is 158 cm³/mol. The maximum atomic E-state index is 13.9. The Morgan fingerprint density at radius 2 is 1.60 bits per heavy atom. The van der Waals surface area contributed by atoms with E-state index < -0.39 is 24.2 Å². The number of piperazine rings is 1. The first-order valence-corrected chi connectivity index (χ1v) is 15.3. The number of carbonyl (C=O) groups excluding carboxylic acids is 5. The summed E-state index contributed by atoms with van der Waals surface area (Å²) in [6, 6.07) is 5.04. The molecule has 0 bridgehead atoms. The topological polar surface area (TPSA) is 114 Å². The normalized spacial score (nSPS) is 25.3.